The van der Waals surface area contributed by atoms with Crippen LogP contribution in [0, 0.1) is 10.8 Å². The van der Waals surface area contributed by atoms with E-state index in [-0.39, 0.29) is 16.3 Å². The molecule has 0 fully saturated rings. The zero-order valence-corrected chi connectivity index (χ0v) is 18.4. The minimum absolute atomic E-state index is 0.0233. The monoisotopic (exact) mass is 376 g/mol. The van der Waals surface area contributed by atoms with Gasteiger partial charge in [-0.1, -0.05) is 41.5 Å². The first kappa shape index (κ1) is 27.4. The molecule has 0 aromatic heterocycles. The van der Waals surface area contributed by atoms with Gasteiger partial charge in [0.05, 0.1) is 47.5 Å². The van der Waals surface area contributed by atoms with Crippen LogP contribution in [0.25, 0.3) is 0 Å². The molecule has 0 aliphatic heterocycles. The second-order valence-corrected chi connectivity index (χ2v) is 8.35. The summed E-state index contributed by atoms with van der Waals surface area (Å²) in [5.74, 6) is 0. The van der Waals surface area contributed by atoms with Gasteiger partial charge in [0.1, 0.15) is 0 Å². The van der Waals surface area contributed by atoms with E-state index < -0.39 is 0 Å². The predicted molar refractivity (Wildman–Crippen MR) is 112 cm³/mol. The SMILES string of the molecule is CS.[B]C(C)(C)NCC(C)(C)COCC(C)(C)COCCOCCN. The molecule has 0 aromatic carbocycles. The van der Waals surface area contributed by atoms with Gasteiger partial charge in [-0.25, -0.2) is 0 Å². The second-order valence-electron chi connectivity index (χ2n) is 8.35. The van der Waals surface area contributed by atoms with E-state index >= 15 is 0 Å². The molecule has 0 atom stereocenters. The molecule has 0 heterocycles. The van der Waals surface area contributed by atoms with Crippen molar-refractivity contribution >= 4 is 20.5 Å². The Morgan fingerprint density at radius 3 is 1.80 bits per heavy atom. The molecule has 0 bridgehead atoms. The Morgan fingerprint density at radius 1 is 0.800 bits per heavy atom. The summed E-state index contributed by atoms with van der Waals surface area (Å²) < 4.78 is 16.8. The Hall–Kier alpha value is 0.215. The van der Waals surface area contributed by atoms with Gasteiger partial charge in [0.2, 0.25) is 0 Å². The fourth-order valence-corrected chi connectivity index (χ4v) is 1.82. The molecule has 0 unspecified atom stereocenters. The van der Waals surface area contributed by atoms with Crippen LogP contribution in [0.1, 0.15) is 41.5 Å². The molecule has 0 saturated heterocycles. The van der Waals surface area contributed by atoms with Gasteiger partial charge in [0, 0.05) is 23.9 Å². The van der Waals surface area contributed by atoms with Crippen LogP contribution in [0.15, 0.2) is 0 Å². The summed E-state index contributed by atoms with van der Waals surface area (Å²) in [6.07, 6.45) is 1.69. The van der Waals surface area contributed by atoms with E-state index in [1.54, 1.807) is 6.26 Å². The second kappa shape index (κ2) is 14.3. The first-order valence-electron chi connectivity index (χ1n) is 8.89. The highest BCUT2D eigenvalue weighted by molar-refractivity contribution is 7.79. The van der Waals surface area contributed by atoms with Crippen molar-refractivity contribution in [2.45, 2.75) is 47.0 Å². The molecule has 0 saturated carbocycles. The summed E-state index contributed by atoms with van der Waals surface area (Å²) >= 11 is 3.53. The Balaban J connectivity index is 0. The topological polar surface area (TPSA) is 65.7 Å². The number of thiol groups is 1. The molecule has 7 heteroatoms. The summed E-state index contributed by atoms with van der Waals surface area (Å²) in [6.45, 7) is 17.6. The molecule has 150 valence electrons. The van der Waals surface area contributed by atoms with Crippen molar-refractivity contribution in [3.8, 4) is 0 Å². The zero-order valence-electron chi connectivity index (χ0n) is 17.5. The molecule has 0 spiro atoms. The number of ether oxygens (including phenoxy) is 3. The van der Waals surface area contributed by atoms with E-state index in [2.05, 4.69) is 45.6 Å². The Kier molecular flexibility index (Phi) is 15.7. The van der Waals surface area contributed by atoms with Gasteiger partial charge >= 0.3 is 0 Å². The van der Waals surface area contributed by atoms with Crippen LogP contribution in [-0.4, -0.2) is 72.3 Å². The van der Waals surface area contributed by atoms with E-state index in [9.17, 15) is 0 Å². The number of nitrogens with one attached hydrogen (secondary N) is 1. The molecule has 2 radical (unpaired) electrons. The van der Waals surface area contributed by atoms with Gasteiger partial charge in [0.15, 0.2) is 0 Å². The molecule has 25 heavy (non-hydrogen) atoms. The fraction of sp³-hybridized carbons (Fsp3) is 1.00. The van der Waals surface area contributed by atoms with E-state index in [1.165, 1.54) is 0 Å². The van der Waals surface area contributed by atoms with Crippen molar-refractivity contribution in [1.82, 2.24) is 5.32 Å². The highest BCUT2D eigenvalue weighted by Gasteiger charge is 2.24. The van der Waals surface area contributed by atoms with Crippen LogP contribution in [0.4, 0.5) is 0 Å². The smallest absolute Gasteiger partial charge is 0.0946 e. The maximum Gasteiger partial charge on any atom is 0.0946 e. The van der Waals surface area contributed by atoms with Crippen LogP contribution < -0.4 is 11.1 Å². The van der Waals surface area contributed by atoms with Gasteiger partial charge in [-0.2, -0.15) is 12.6 Å². The highest BCUT2D eigenvalue weighted by atomic mass is 32.1. The number of rotatable bonds is 14. The van der Waals surface area contributed by atoms with Gasteiger partial charge in [-0.05, 0) is 11.7 Å². The minimum Gasteiger partial charge on any atom is -0.380 e. The van der Waals surface area contributed by atoms with Crippen molar-refractivity contribution in [1.29, 1.82) is 0 Å². The van der Waals surface area contributed by atoms with Crippen LogP contribution in [0.5, 0.6) is 0 Å². The number of nitrogens with two attached hydrogens (primary N) is 1. The summed E-state index contributed by atoms with van der Waals surface area (Å²) in [7, 11) is 5.95. The molecular formula is C18H41BN2O3S. The van der Waals surface area contributed by atoms with Gasteiger partial charge < -0.3 is 25.3 Å². The first-order valence-corrected chi connectivity index (χ1v) is 9.79. The van der Waals surface area contributed by atoms with Crippen LogP contribution >= 0.6 is 12.6 Å². The summed E-state index contributed by atoms with van der Waals surface area (Å²) in [4.78, 5) is 0. The molecular weight excluding hydrogens is 335 g/mol. The van der Waals surface area contributed by atoms with Crippen LogP contribution in [0.2, 0.25) is 0 Å². The summed E-state index contributed by atoms with van der Waals surface area (Å²) in [5, 5.41) is 3.32. The molecule has 0 aliphatic carbocycles. The third-order valence-electron chi connectivity index (χ3n) is 3.14. The zero-order chi connectivity index (χ0) is 20.0. The van der Waals surface area contributed by atoms with Crippen molar-refractivity contribution < 1.29 is 14.2 Å². The highest BCUT2D eigenvalue weighted by Crippen LogP contribution is 2.20. The van der Waals surface area contributed by atoms with Crippen molar-refractivity contribution in [2.75, 3.05) is 59.0 Å². The minimum atomic E-state index is -0.365. The van der Waals surface area contributed by atoms with Gasteiger partial charge in [-0.15, -0.1) is 0 Å². The summed E-state index contributed by atoms with van der Waals surface area (Å²) in [6, 6.07) is 0. The van der Waals surface area contributed by atoms with Crippen molar-refractivity contribution in [3.05, 3.63) is 0 Å². The Morgan fingerprint density at radius 2 is 1.28 bits per heavy atom. The molecule has 5 nitrogen and oxygen atoms in total. The van der Waals surface area contributed by atoms with E-state index in [0.717, 1.165) is 6.54 Å². The molecule has 0 amide bonds. The third kappa shape index (κ3) is 20.4. The normalized spacial score (nSPS) is 12.7. The lowest BCUT2D eigenvalue weighted by Gasteiger charge is -2.32. The molecule has 3 N–H and O–H groups in total. The average Bonchev–Trinajstić information content (AvgIpc) is 2.50. The maximum atomic E-state index is 5.95. The van der Waals surface area contributed by atoms with Crippen molar-refractivity contribution in [2.24, 2.45) is 16.6 Å². The van der Waals surface area contributed by atoms with Crippen LogP contribution in [-0.2, 0) is 14.2 Å². The lowest BCUT2D eigenvalue weighted by molar-refractivity contribution is -0.0359. The van der Waals surface area contributed by atoms with Gasteiger partial charge in [0.25, 0.3) is 0 Å². The van der Waals surface area contributed by atoms with E-state index in [0.29, 0.717) is 46.2 Å². The largest absolute Gasteiger partial charge is 0.380 e. The third-order valence-corrected chi connectivity index (χ3v) is 3.14. The van der Waals surface area contributed by atoms with E-state index in [4.69, 9.17) is 27.8 Å². The fourth-order valence-electron chi connectivity index (χ4n) is 1.82. The van der Waals surface area contributed by atoms with Gasteiger partial charge in [-0.3, -0.25) is 0 Å². The molecule has 0 aromatic rings. The number of hydrogen-bond acceptors (Lipinski definition) is 6. The Labute approximate surface area is 162 Å². The first-order chi connectivity index (χ1) is 11.5. The predicted octanol–water partition coefficient (Wildman–Crippen LogP) is 2.09. The Bertz CT molecular complexity index is 311. The average molecular weight is 376 g/mol. The maximum absolute atomic E-state index is 5.95. The molecule has 0 aliphatic rings. The lowest BCUT2D eigenvalue weighted by Crippen LogP contribution is -2.46. The van der Waals surface area contributed by atoms with Crippen molar-refractivity contribution in [3.63, 3.8) is 0 Å². The quantitative estimate of drug-likeness (QED) is 0.246. The standard InChI is InChI=1S/C17H37BN2O3.CH4S/c1-15(2,11-20-17(5,6)18)12-23-14-16(3,4)13-22-10-9-21-8-7-19;1-2/h20H,7-14,19H2,1-6H3;2H,1H3. The number of hydrogen-bond donors (Lipinski definition) is 3. The van der Waals surface area contributed by atoms with E-state index in [1.807, 2.05) is 13.8 Å². The lowest BCUT2D eigenvalue weighted by atomic mass is 9.80. The summed E-state index contributed by atoms with van der Waals surface area (Å²) in [5.41, 5.74) is 5.00. The molecule has 0 rings (SSSR count). The van der Waals surface area contributed by atoms with Crippen LogP contribution in [0.3, 0.4) is 0 Å².